The van der Waals surface area contributed by atoms with Gasteiger partial charge in [-0.3, -0.25) is 0 Å². The van der Waals surface area contributed by atoms with Gasteiger partial charge in [0, 0.05) is 0 Å². The molecule has 0 saturated heterocycles. The first-order chi connectivity index (χ1) is 15.4. The Kier molecular flexibility index (Phi) is 6.18. The fourth-order valence-electron chi connectivity index (χ4n) is 7.83. The number of alkyl halides is 3. The van der Waals surface area contributed by atoms with Crippen molar-refractivity contribution in [2.75, 3.05) is 0 Å². The highest BCUT2D eigenvalue weighted by molar-refractivity contribution is 5.43. The quantitative estimate of drug-likeness (QED) is 0.342. The SMILES string of the molecule is C=C[C@@]12CCc3cc(O)ccc3[C@H]1[C@@H](CCCC[C@H](O)C(F)(F)F)C[C@@]1(C)[C@H]2CC[C@]1(C)O. The van der Waals surface area contributed by atoms with Crippen LogP contribution in [0.5, 0.6) is 5.75 Å². The summed E-state index contributed by atoms with van der Waals surface area (Å²) in [7, 11) is 0. The minimum Gasteiger partial charge on any atom is -0.508 e. The normalized spacial score (nSPS) is 38.8. The van der Waals surface area contributed by atoms with Crippen molar-refractivity contribution in [1.82, 2.24) is 0 Å². The van der Waals surface area contributed by atoms with E-state index in [0.717, 1.165) is 44.1 Å². The molecule has 0 spiro atoms. The molecule has 3 aliphatic rings. The number of aliphatic hydroxyl groups excluding tert-OH is 1. The molecule has 184 valence electrons. The fourth-order valence-corrected chi connectivity index (χ4v) is 7.83. The van der Waals surface area contributed by atoms with Crippen molar-refractivity contribution >= 4 is 0 Å². The Hall–Kier alpha value is -1.53. The van der Waals surface area contributed by atoms with Gasteiger partial charge in [0.2, 0.25) is 0 Å². The number of rotatable bonds is 6. The van der Waals surface area contributed by atoms with Gasteiger partial charge in [0.1, 0.15) is 11.9 Å². The highest BCUT2D eigenvalue weighted by atomic mass is 19.4. The zero-order valence-corrected chi connectivity index (χ0v) is 19.7. The van der Waals surface area contributed by atoms with Crippen LogP contribution in [-0.2, 0) is 6.42 Å². The van der Waals surface area contributed by atoms with E-state index in [1.807, 2.05) is 19.1 Å². The number of fused-ring (bicyclic) bond motifs is 5. The lowest BCUT2D eigenvalue weighted by molar-refractivity contribution is -0.205. The molecule has 6 heteroatoms. The summed E-state index contributed by atoms with van der Waals surface area (Å²) >= 11 is 0. The number of benzene rings is 1. The number of allylic oxidation sites excluding steroid dienone is 1. The standard InChI is InChI=1S/C27H37F3O3/c1-4-26-14-11-17-15-19(31)9-10-20(17)23(26)18(7-5-6-8-22(32)27(28,29)30)16-24(2)21(26)12-13-25(24,3)33/h4,9-10,15,18,21-23,31-33H,1,5-8,11-14,16H2,2-3H3/t18-,21+,22-,23+,24-,25-,26-/m0/s1. The van der Waals surface area contributed by atoms with E-state index in [0.29, 0.717) is 12.8 Å². The summed E-state index contributed by atoms with van der Waals surface area (Å²) in [6, 6.07) is 5.59. The molecular weight excluding hydrogens is 429 g/mol. The van der Waals surface area contributed by atoms with E-state index in [2.05, 4.69) is 19.6 Å². The van der Waals surface area contributed by atoms with Crippen LogP contribution in [0.2, 0.25) is 0 Å². The van der Waals surface area contributed by atoms with Gasteiger partial charge in [-0.15, -0.1) is 6.58 Å². The second-order valence-corrected chi connectivity index (χ2v) is 11.3. The Balaban J connectivity index is 1.66. The maximum absolute atomic E-state index is 12.7. The van der Waals surface area contributed by atoms with Gasteiger partial charge in [0.05, 0.1) is 5.60 Å². The third-order valence-electron chi connectivity index (χ3n) is 9.65. The van der Waals surface area contributed by atoms with Crippen molar-refractivity contribution in [2.24, 2.45) is 22.7 Å². The molecule has 1 aromatic carbocycles. The molecule has 3 nitrogen and oxygen atoms in total. The zero-order chi connectivity index (χ0) is 24.2. The zero-order valence-electron chi connectivity index (χ0n) is 19.7. The van der Waals surface area contributed by atoms with E-state index in [-0.39, 0.29) is 40.8 Å². The molecular formula is C27H37F3O3. The molecule has 0 aromatic heterocycles. The summed E-state index contributed by atoms with van der Waals surface area (Å²) in [4.78, 5) is 0. The van der Waals surface area contributed by atoms with Crippen LogP contribution in [0.15, 0.2) is 30.9 Å². The van der Waals surface area contributed by atoms with Crippen LogP contribution >= 0.6 is 0 Å². The Morgan fingerprint density at radius 2 is 1.94 bits per heavy atom. The number of phenols is 1. The number of hydrogen-bond acceptors (Lipinski definition) is 3. The third kappa shape index (κ3) is 3.91. The van der Waals surface area contributed by atoms with Gasteiger partial charge in [-0.1, -0.05) is 31.9 Å². The van der Waals surface area contributed by atoms with Crippen LogP contribution in [0.25, 0.3) is 0 Å². The van der Waals surface area contributed by atoms with Crippen molar-refractivity contribution < 1.29 is 28.5 Å². The van der Waals surface area contributed by atoms with Gasteiger partial charge in [0.25, 0.3) is 0 Å². The fraction of sp³-hybridized carbons (Fsp3) is 0.704. The Morgan fingerprint density at radius 3 is 2.61 bits per heavy atom. The molecule has 4 rings (SSSR count). The second-order valence-electron chi connectivity index (χ2n) is 11.3. The van der Waals surface area contributed by atoms with E-state index in [1.165, 1.54) is 5.56 Å². The Morgan fingerprint density at radius 1 is 1.21 bits per heavy atom. The van der Waals surface area contributed by atoms with Crippen LogP contribution < -0.4 is 0 Å². The molecule has 0 radical (unpaired) electrons. The molecule has 33 heavy (non-hydrogen) atoms. The van der Waals surface area contributed by atoms with Crippen molar-refractivity contribution in [2.45, 2.75) is 95.4 Å². The molecule has 2 fully saturated rings. The molecule has 2 saturated carbocycles. The van der Waals surface area contributed by atoms with Gasteiger partial charge in [-0.05, 0) is 104 Å². The van der Waals surface area contributed by atoms with Crippen LogP contribution in [0.3, 0.4) is 0 Å². The lowest BCUT2D eigenvalue weighted by Gasteiger charge is -2.61. The molecule has 7 atom stereocenters. The molecule has 3 aliphatic carbocycles. The molecule has 0 aliphatic heterocycles. The van der Waals surface area contributed by atoms with Crippen LogP contribution in [0.4, 0.5) is 13.2 Å². The van der Waals surface area contributed by atoms with Crippen molar-refractivity contribution in [1.29, 1.82) is 0 Å². The summed E-state index contributed by atoms with van der Waals surface area (Å²) in [6.07, 6.45) is 0.851. The van der Waals surface area contributed by atoms with E-state index in [1.54, 1.807) is 6.07 Å². The summed E-state index contributed by atoms with van der Waals surface area (Å²) in [6.45, 7) is 8.41. The van der Waals surface area contributed by atoms with Crippen molar-refractivity contribution in [3.8, 4) is 5.75 Å². The predicted octanol–water partition coefficient (Wildman–Crippen LogP) is 6.27. The van der Waals surface area contributed by atoms with Crippen LogP contribution in [-0.4, -0.2) is 33.2 Å². The maximum Gasteiger partial charge on any atom is 0.414 e. The predicted molar refractivity (Wildman–Crippen MR) is 122 cm³/mol. The number of aliphatic hydroxyl groups is 2. The summed E-state index contributed by atoms with van der Waals surface area (Å²) < 4.78 is 38.2. The van der Waals surface area contributed by atoms with Gasteiger partial charge in [-0.25, -0.2) is 0 Å². The number of hydrogen-bond donors (Lipinski definition) is 3. The van der Waals surface area contributed by atoms with Gasteiger partial charge >= 0.3 is 6.18 Å². The largest absolute Gasteiger partial charge is 0.508 e. The minimum absolute atomic E-state index is 0.166. The monoisotopic (exact) mass is 466 g/mol. The van der Waals surface area contributed by atoms with Gasteiger partial charge in [-0.2, -0.15) is 13.2 Å². The molecule has 0 heterocycles. The van der Waals surface area contributed by atoms with E-state index < -0.39 is 17.9 Å². The Labute approximate surface area is 194 Å². The lowest BCUT2D eigenvalue weighted by atomic mass is 9.43. The number of halogens is 3. The number of aromatic hydroxyl groups is 1. The topological polar surface area (TPSA) is 60.7 Å². The number of aryl methyl sites for hydroxylation is 1. The maximum atomic E-state index is 12.7. The third-order valence-corrected chi connectivity index (χ3v) is 9.65. The smallest absolute Gasteiger partial charge is 0.414 e. The second kappa shape index (κ2) is 8.30. The summed E-state index contributed by atoms with van der Waals surface area (Å²) in [5, 5.41) is 30.8. The first-order valence-electron chi connectivity index (χ1n) is 12.3. The number of phenolic OH excluding ortho intramolecular Hbond substituents is 1. The summed E-state index contributed by atoms with van der Waals surface area (Å²) in [5.74, 6) is 0.883. The summed E-state index contributed by atoms with van der Waals surface area (Å²) in [5.41, 5.74) is 1.09. The molecule has 0 bridgehead atoms. The average molecular weight is 467 g/mol. The molecule has 3 N–H and O–H groups in total. The lowest BCUT2D eigenvalue weighted by Crippen LogP contribution is -2.56. The van der Waals surface area contributed by atoms with Crippen molar-refractivity contribution in [3.63, 3.8) is 0 Å². The highest BCUT2D eigenvalue weighted by Crippen LogP contribution is 2.71. The van der Waals surface area contributed by atoms with E-state index in [4.69, 9.17) is 0 Å². The van der Waals surface area contributed by atoms with E-state index in [9.17, 15) is 28.5 Å². The van der Waals surface area contributed by atoms with Gasteiger partial charge < -0.3 is 15.3 Å². The van der Waals surface area contributed by atoms with Gasteiger partial charge in [0.15, 0.2) is 0 Å². The Bertz CT molecular complexity index is 895. The van der Waals surface area contributed by atoms with Crippen LogP contribution in [0.1, 0.15) is 82.3 Å². The van der Waals surface area contributed by atoms with Crippen molar-refractivity contribution in [3.05, 3.63) is 42.0 Å². The highest BCUT2D eigenvalue weighted by Gasteiger charge is 2.66. The van der Waals surface area contributed by atoms with Crippen LogP contribution in [0, 0.1) is 22.7 Å². The van der Waals surface area contributed by atoms with E-state index >= 15 is 0 Å². The first-order valence-corrected chi connectivity index (χ1v) is 12.3. The molecule has 0 amide bonds. The molecule has 1 aromatic rings. The molecule has 0 unspecified atom stereocenters. The number of unbranched alkanes of at least 4 members (excludes halogenated alkanes) is 1. The average Bonchev–Trinajstić information content (AvgIpc) is 2.98. The first kappa shape index (κ1) is 24.6. The minimum atomic E-state index is -4.57.